The molecule has 1 aliphatic carbocycles. The highest BCUT2D eigenvalue weighted by Crippen LogP contribution is 2.42. The third-order valence-corrected chi connectivity index (χ3v) is 4.04. The van der Waals surface area contributed by atoms with E-state index in [0.717, 1.165) is 12.0 Å². The first-order valence-electron chi connectivity index (χ1n) is 6.22. The Morgan fingerprint density at radius 2 is 2.20 bits per heavy atom. The largest absolute Gasteiger partial charge is 0.299 e. The van der Waals surface area contributed by atoms with Gasteiger partial charge in [0.15, 0.2) is 0 Å². The fraction of sp³-hybridized carbons (Fsp3) is 0.571. The van der Waals surface area contributed by atoms with E-state index in [1.54, 1.807) is 11.1 Å². The molecule has 15 heavy (non-hydrogen) atoms. The molecule has 0 saturated carbocycles. The van der Waals surface area contributed by atoms with Gasteiger partial charge in [-0.2, -0.15) is 0 Å². The van der Waals surface area contributed by atoms with E-state index < -0.39 is 0 Å². The molecular formula is C14H19N. The molecule has 0 aromatic heterocycles. The number of hydrogen-bond acceptors (Lipinski definition) is 1. The summed E-state index contributed by atoms with van der Waals surface area (Å²) in [5.41, 5.74) is 3.25. The number of benzene rings is 1. The van der Waals surface area contributed by atoms with E-state index in [0.29, 0.717) is 0 Å². The van der Waals surface area contributed by atoms with Gasteiger partial charge in [-0.25, -0.2) is 0 Å². The van der Waals surface area contributed by atoms with Crippen LogP contribution in [0.1, 0.15) is 36.8 Å². The minimum Gasteiger partial charge on any atom is -0.299 e. The first-order chi connectivity index (χ1) is 7.40. The van der Waals surface area contributed by atoms with Crippen molar-refractivity contribution in [3.63, 3.8) is 0 Å². The quantitative estimate of drug-likeness (QED) is 0.711. The lowest BCUT2D eigenvalue weighted by Gasteiger charge is -2.51. The van der Waals surface area contributed by atoms with Crippen LogP contribution >= 0.6 is 0 Å². The van der Waals surface area contributed by atoms with Gasteiger partial charge in [0.25, 0.3) is 0 Å². The molecule has 1 saturated heterocycles. The first kappa shape index (κ1) is 9.41. The van der Waals surface area contributed by atoms with E-state index in [1.807, 2.05) is 0 Å². The molecule has 1 nitrogen and oxygen atoms in total. The lowest BCUT2D eigenvalue weighted by Crippen LogP contribution is -2.56. The number of hydrogen-bond donors (Lipinski definition) is 0. The molecule has 1 aliphatic heterocycles. The molecule has 3 rings (SSSR count). The third-order valence-electron chi connectivity index (χ3n) is 4.04. The lowest BCUT2D eigenvalue weighted by molar-refractivity contribution is 0.0467. The average Bonchev–Trinajstić information content (AvgIpc) is 2.25. The van der Waals surface area contributed by atoms with Crippen molar-refractivity contribution < 1.29 is 0 Å². The summed E-state index contributed by atoms with van der Waals surface area (Å²) in [5.74, 6) is 0.849. The summed E-state index contributed by atoms with van der Waals surface area (Å²) in [4.78, 5) is 2.67. The SMILES string of the molecule is CCCN1CC2c3ccccc3CCC21. The number of fused-ring (bicyclic) bond motifs is 3. The van der Waals surface area contributed by atoms with Gasteiger partial charge in [-0.1, -0.05) is 31.2 Å². The summed E-state index contributed by atoms with van der Waals surface area (Å²) in [6, 6.07) is 9.90. The first-order valence-corrected chi connectivity index (χ1v) is 6.22. The molecule has 0 spiro atoms. The third kappa shape index (κ3) is 1.41. The number of nitrogens with zero attached hydrogens (tertiary/aromatic N) is 1. The van der Waals surface area contributed by atoms with Gasteiger partial charge in [0.2, 0.25) is 0 Å². The van der Waals surface area contributed by atoms with Crippen LogP contribution in [0.2, 0.25) is 0 Å². The van der Waals surface area contributed by atoms with E-state index in [1.165, 1.54) is 32.4 Å². The highest BCUT2D eigenvalue weighted by atomic mass is 15.2. The number of rotatable bonds is 2. The molecule has 1 aromatic carbocycles. The van der Waals surface area contributed by atoms with Crippen LogP contribution in [0.3, 0.4) is 0 Å². The van der Waals surface area contributed by atoms with Gasteiger partial charge in [-0.3, -0.25) is 4.90 Å². The molecule has 2 aliphatic rings. The molecule has 1 fully saturated rings. The molecule has 2 unspecified atom stereocenters. The maximum absolute atomic E-state index is 2.67. The lowest BCUT2D eigenvalue weighted by atomic mass is 9.73. The van der Waals surface area contributed by atoms with Crippen molar-refractivity contribution in [3.8, 4) is 0 Å². The van der Waals surface area contributed by atoms with Gasteiger partial charge < -0.3 is 0 Å². The fourth-order valence-electron chi connectivity index (χ4n) is 3.29. The van der Waals surface area contributed by atoms with Gasteiger partial charge in [-0.05, 0) is 36.9 Å². The van der Waals surface area contributed by atoms with Crippen LogP contribution in [-0.4, -0.2) is 24.0 Å². The Balaban J connectivity index is 1.82. The second-order valence-corrected chi connectivity index (χ2v) is 4.91. The Morgan fingerprint density at radius 1 is 1.33 bits per heavy atom. The summed E-state index contributed by atoms with van der Waals surface area (Å²) in [7, 11) is 0. The van der Waals surface area contributed by atoms with Crippen LogP contribution in [0.15, 0.2) is 24.3 Å². The summed E-state index contributed by atoms with van der Waals surface area (Å²) in [6.07, 6.45) is 3.96. The van der Waals surface area contributed by atoms with Crippen molar-refractivity contribution in [3.05, 3.63) is 35.4 Å². The number of aryl methyl sites for hydroxylation is 1. The molecule has 2 atom stereocenters. The molecule has 0 N–H and O–H groups in total. The molecule has 80 valence electrons. The summed E-state index contributed by atoms with van der Waals surface area (Å²) in [6.45, 7) is 4.88. The fourth-order valence-corrected chi connectivity index (χ4v) is 3.29. The maximum Gasteiger partial charge on any atom is 0.0180 e. The normalized spacial score (nSPS) is 29.1. The minimum atomic E-state index is 0.849. The van der Waals surface area contributed by atoms with Crippen LogP contribution in [-0.2, 0) is 6.42 Å². The van der Waals surface area contributed by atoms with Crippen molar-refractivity contribution in [1.29, 1.82) is 0 Å². The standard InChI is InChI=1S/C14H19N/c1-2-9-15-10-13-12-6-4-3-5-11(12)7-8-14(13)15/h3-6,13-14H,2,7-10H2,1H3. The maximum atomic E-state index is 2.67. The molecular weight excluding hydrogens is 182 g/mol. The van der Waals surface area contributed by atoms with Crippen LogP contribution in [0.25, 0.3) is 0 Å². The number of likely N-dealkylation sites (tertiary alicyclic amines) is 1. The van der Waals surface area contributed by atoms with Crippen LogP contribution < -0.4 is 0 Å². The van der Waals surface area contributed by atoms with Crippen molar-refractivity contribution in [2.75, 3.05) is 13.1 Å². The van der Waals surface area contributed by atoms with Gasteiger partial charge in [-0.15, -0.1) is 0 Å². The summed E-state index contributed by atoms with van der Waals surface area (Å²) < 4.78 is 0. The van der Waals surface area contributed by atoms with Crippen molar-refractivity contribution in [2.24, 2.45) is 0 Å². The monoisotopic (exact) mass is 201 g/mol. The highest BCUT2D eigenvalue weighted by molar-refractivity contribution is 5.36. The van der Waals surface area contributed by atoms with Gasteiger partial charge >= 0.3 is 0 Å². The average molecular weight is 201 g/mol. The predicted octanol–water partition coefficient (Wildman–Crippen LogP) is 2.81. The van der Waals surface area contributed by atoms with E-state index in [-0.39, 0.29) is 0 Å². The van der Waals surface area contributed by atoms with Crippen LogP contribution in [0, 0.1) is 0 Å². The second kappa shape index (κ2) is 3.64. The van der Waals surface area contributed by atoms with Crippen molar-refractivity contribution in [2.45, 2.75) is 38.1 Å². The molecule has 1 heterocycles. The smallest absolute Gasteiger partial charge is 0.0180 e. The van der Waals surface area contributed by atoms with Crippen LogP contribution in [0.5, 0.6) is 0 Å². The Bertz CT molecular complexity index is 358. The Labute approximate surface area is 92.1 Å². The van der Waals surface area contributed by atoms with Gasteiger partial charge in [0.1, 0.15) is 0 Å². The van der Waals surface area contributed by atoms with Crippen molar-refractivity contribution >= 4 is 0 Å². The van der Waals surface area contributed by atoms with E-state index in [4.69, 9.17) is 0 Å². The van der Waals surface area contributed by atoms with Gasteiger partial charge in [0, 0.05) is 18.5 Å². The zero-order chi connectivity index (χ0) is 10.3. The van der Waals surface area contributed by atoms with E-state index in [2.05, 4.69) is 36.1 Å². The second-order valence-electron chi connectivity index (χ2n) is 4.91. The molecule has 0 amide bonds. The minimum absolute atomic E-state index is 0.849. The predicted molar refractivity (Wildman–Crippen MR) is 63.2 cm³/mol. The van der Waals surface area contributed by atoms with E-state index >= 15 is 0 Å². The summed E-state index contributed by atoms with van der Waals surface area (Å²) in [5, 5.41) is 0. The molecule has 1 heteroatoms. The zero-order valence-corrected chi connectivity index (χ0v) is 9.45. The molecule has 0 radical (unpaired) electrons. The Hall–Kier alpha value is -0.820. The topological polar surface area (TPSA) is 3.24 Å². The van der Waals surface area contributed by atoms with E-state index in [9.17, 15) is 0 Å². The Kier molecular flexibility index (Phi) is 2.28. The Morgan fingerprint density at radius 3 is 3.07 bits per heavy atom. The summed E-state index contributed by atoms with van der Waals surface area (Å²) >= 11 is 0. The van der Waals surface area contributed by atoms with Crippen molar-refractivity contribution in [1.82, 2.24) is 4.90 Å². The zero-order valence-electron chi connectivity index (χ0n) is 9.45. The van der Waals surface area contributed by atoms with Gasteiger partial charge in [0.05, 0.1) is 0 Å². The highest BCUT2D eigenvalue weighted by Gasteiger charge is 2.41. The van der Waals surface area contributed by atoms with Crippen LogP contribution in [0.4, 0.5) is 0 Å². The molecule has 1 aromatic rings. The molecule has 0 bridgehead atoms.